The van der Waals surface area contributed by atoms with Gasteiger partial charge in [0.15, 0.2) is 6.61 Å². The highest BCUT2D eigenvalue weighted by molar-refractivity contribution is 7.89. The van der Waals surface area contributed by atoms with E-state index in [0.29, 0.717) is 5.92 Å². The predicted octanol–water partition coefficient (Wildman–Crippen LogP) is 0.414. The maximum atomic E-state index is 12.1. The van der Waals surface area contributed by atoms with E-state index in [4.69, 9.17) is 14.6 Å². The summed E-state index contributed by atoms with van der Waals surface area (Å²) < 4.78 is 32.7. The first-order chi connectivity index (χ1) is 11.2. The van der Waals surface area contributed by atoms with Crippen molar-refractivity contribution in [3.8, 4) is 5.75 Å². The van der Waals surface area contributed by atoms with Gasteiger partial charge in [-0.2, -0.15) is 0 Å². The lowest BCUT2D eigenvalue weighted by Crippen LogP contribution is -2.37. The largest absolute Gasteiger partial charge is 0.496 e. The van der Waals surface area contributed by atoms with Crippen molar-refractivity contribution in [2.45, 2.75) is 30.7 Å². The number of benzene rings is 1. The highest BCUT2D eigenvalue weighted by atomic mass is 32.2. The topological polar surface area (TPSA) is 125 Å². The lowest BCUT2D eigenvalue weighted by Gasteiger charge is -2.13. The van der Waals surface area contributed by atoms with Crippen molar-refractivity contribution in [3.05, 3.63) is 23.8 Å². The first kappa shape index (κ1) is 18.2. The lowest BCUT2D eigenvalue weighted by atomic mass is 10.2. The zero-order chi connectivity index (χ0) is 17.9. The van der Waals surface area contributed by atoms with Crippen molar-refractivity contribution >= 4 is 21.9 Å². The molecule has 1 aliphatic carbocycles. The van der Waals surface area contributed by atoms with E-state index < -0.39 is 28.5 Å². The van der Waals surface area contributed by atoms with Crippen LogP contribution in [0.15, 0.2) is 23.1 Å². The fraction of sp³-hybridized carbons (Fsp3) is 0.467. The molecule has 1 atom stereocenters. The molecule has 1 aliphatic rings. The summed E-state index contributed by atoms with van der Waals surface area (Å²) in [6, 6.07) is 3.61. The molecule has 0 heterocycles. The second-order valence-corrected chi connectivity index (χ2v) is 7.24. The Morgan fingerprint density at radius 2 is 2.04 bits per heavy atom. The SMILES string of the molecule is COc1ccc(S(N)(=O)=O)cc1C(=O)OCC(=O)N[C@H](C)C1CC1. The molecule has 1 saturated carbocycles. The molecule has 132 valence electrons. The zero-order valence-electron chi connectivity index (χ0n) is 13.4. The molecule has 9 heteroatoms. The Hall–Kier alpha value is -2.13. The number of amides is 1. The summed E-state index contributed by atoms with van der Waals surface area (Å²) in [5.74, 6) is -0.675. The molecule has 0 radical (unpaired) electrons. The second kappa shape index (κ2) is 7.18. The molecule has 0 spiro atoms. The summed E-state index contributed by atoms with van der Waals surface area (Å²) in [6.07, 6.45) is 2.16. The van der Waals surface area contributed by atoms with Gasteiger partial charge in [0, 0.05) is 6.04 Å². The van der Waals surface area contributed by atoms with Crippen LogP contribution in [0.25, 0.3) is 0 Å². The molecule has 0 unspecified atom stereocenters. The fourth-order valence-corrected chi connectivity index (χ4v) is 2.78. The van der Waals surface area contributed by atoms with Crippen LogP contribution < -0.4 is 15.2 Å². The van der Waals surface area contributed by atoms with Crippen LogP contribution in [0.4, 0.5) is 0 Å². The molecule has 1 aromatic rings. The molecule has 2 rings (SSSR count). The van der Waals surface area contributed by atoms with Gasteiger partial charge in [0.05, 0.1) is 12.0 Å². The number of nitrogens with two attached hydrogens (primary N) is 1. The van der Waals surface area contributed by atoms with E-state index in [9.17, 15) is 18.0 Å². The predicted molar refractivity (Wildman–Crippen MR) is 85.0 cm³/mol. The van der Waals surface area contributed by atoms with Gasteiger partial charge in [0.2, 0.25) is 10.0 Å². The number of carbonyl (C=O) groups is 2. The van der Waals surface area contributed by atoms with Crippen LogP contribution in [0.3, 0.4) is 0 Å². The first-order valence-electron chi connectivity index (χ1n) is 7.39. The van der Waals surface area contributed by atoms with E-state index in [1.165, 1.54) is 19.2 Å². The monoisotopic (exact) mass is 356 g/mol. The Labute approximate surface area is 140 Å². The quantitative estimate of drug-likeness (QED) is 0.682. The molecule has 0 saturated heterocycles. The molecular formula is C15H20N2O6S. The van der Waals surface area contributed by atoms with Crippen LogP contribution >= 0.6 is 0 Å². The highest BCUT2D eigenvalue weighted by Crippen LogP contribution is 2.32. The second-order valence-electron chi connectivity index (χ2n) is 5.68. The number of sulfonamides is 1. The van der Waals surface area contributed by atoms with Crippen molar-refractivity contribution in [1.29, 1.82) is 0 Å². The van der Waals surface area contributed by atoms with Crippen LogP contribution in [0.5, 0.6) is 5.75 Å². The van der Waals surface area contributed by atoms with Crippen LogP contribution in [-0.2, 0) is 19.6 Å². The first-order valence-corrected chi connectivity index (χ1v) is 8.94. The normalized spacial score (nSPS) is 15.5. The summed E-state index contributed by atoms with van der Waals surface area (Å²) in [5.41, 5.74) is -0.118. The van der Waals surface area contributed by atoms with Gasteiger partial charge < -0.3 is 14.8 Å². The van der Waals surface area contributed by atoms with Gasteiger partial charge in [0.1, 0.15) is 11.3 Å². The number of nitrogens with one attached hydrogen (secondary N) is 1. The molecule has 0 aliphatic heterocycles. The van der Waals surface area contributed by atoms with Crippen LogP contribution in [0.2, 0.25) is 0 Å². The van der Waals surface area contributed by atoms with E-state index in [-0.39, 0.29) is 22.3 Å². The maximum Gasteiger partial charge on any atom is 0.342 e. The minimum absolute atomic E-state index is 0.0384. The Morgan fingerprint density at radius 1 is 1.38 bits per heavy atom. The minimum atomic E-state index is -3.98. The molecule has 1 fully saturated rings. The van der Waals surface area contributed by atoms with Gasteiger partial charge in [-0.05, 0) is 43.9 Å². The molecule has 1 aromatic carbocycles. The minimum Gasteiger partial charge on any atom is -0.496 e. The van der Waals surface area contributed by atoms with E-state index in [1.807, 2.05) is 6.92 Å². The average molecular weight is 356 g/mol. The van der Waals surface area contributed by atoms with Crippen LogP contribution in [-0.4, -0.2) is 40.1 Å². The molecule has 8 nitrogen and oxygen atoms in total. The molecule has 0 aromatic heterocycles. The van der Waals surface area contributed by atoms with Crippen molar-refractivity contribution in [3.63, 3.8) is 0 Å². The average Bonchev–Trinajstić information content (AvgIpc) is 3.35. The zero-order valence-corrected chi connectivity index (χ0v) is 14.3. The van der Waals surface area contributed by atoms with Gasteiger partial charge in [-0.1, -0.05) is 0 Å². The van der Waals surface area contributed by atoms with Gasteiger partial charge >= 0.3 is 5.97 Å². The molecule has 24 heavy (non-hydrogen) atoms. The lowest BCUT2D eigenvalue weighted by molar-refractivity contribution is -0.125. The Bertz CT molecular complexity index is 742. The van der Waals surface area contributed by atoms with E-state index >= 15 is 0 Å². The summed E-state index contributed by atoms with van der Waals surface area (Å²) in [6.45, 7) is 1.44. The fourth-order valence-electron chi connectivity index (χ4n) is 2.24. The summed E-state index contributed by atoms with van der Waals surface area (Å²) in [5, 5.41) is 7.79. The number of rotatable bonds is 7. The molecule has 0 bridgehead atoms. The van der Waals surface area contributed by atoms with E-state index in [1.54, 1.807) is 0 Å². The van der Waals surface area contributed by atoms with Crippen LogP contribution in [0.1, 0.15) is 30.1 Å². The maximum absolute atomic E-state index is 12.1. The Balaban J connectivity index is 2.03. The van der Waals surface area contributed by atoms with Crippen molar-refractivity contribution < 1.29 is 27.5 Å². The third-order valence-corrected chi connectivity index (χ3v) is 4.68. The third-order valence-electron chi connectivity index (χ3n) is 3.77. The van der Waals surface area contributed by atoms with Gasteiger partial charge in [-0.15, -0.1) is 0 Å². The smallest absolute Gasteiger partial charge is 0.342 e. The number of methoxy groups -OCH3 is 1. The standard InChI is InChI=1S/C15H20N2O6S/c1-9(10-3-4-10)17-14(18)8-23-15(19)12-7-11(24(16,20)21)5-6-13(12)22-2/h5-7,9-10H,3-4,8H2,1-2H3,(H,17,18)(H2,16,20,21)/t9-/m1/s1. The number of primary sulfonamides is 1. The number of hydrogen-bond donors (Lipinski definition) is 2. The van der Waals surface area contributed by atoms with Crippen LogP contribution in [0, 0.1) is 5.92 Å². The van der Waals surface area contributed by atoms with Gasteiger partial charge in [0.25, 0.3) is 5.91 Å². The van der Waals surface area contributed by atoms with Gasteiger partial charge in [-0.25, -0.2) is 18.4 Å². The number of hydrogen-bond acceptors (Lipinski definition) is 6. The Kier molecular flexibility index (Phi) is 5.45. The molecular weight excluding hydrogens is 336 g/mol. The summed E-state index contributed by atoms with van der Waals surface area (Å²) >= 11 is 0. The third kappa shape index (κ3) is 4.68. The van der Waals surface area contributed by atoms with Crippen molar-refractivity contribution in [1.82, 2.24) is 5.32 Å². The van der Waals surface area contributed by atoms with Crippen molar-refractivity contribution in [2.75, 3.05) is 13.7 Å². The van der Waals surface area contributed by atoms with E-state index in [0.717, 1.165) is 18.9 Å². The highest BCUT2D eigenvalue weighted by Gasteiger charge is 2.29. The summed E-state index contributed by atoms with van der Waals surface area (Å²) in [7, 11) is -2.65. The van der Waals surface area contributed by atoms with Gasteiger partial charge in [-0.3, -0.25) is 4.79 Å². The number of carbonyl (C=O) groups excluding carboxylic acids is 2. The van der Waals surface area contributed by atoms with E-state index in [2.05, 4.69) is 5.32 Å². The number of esters is 1. The molecule has 3 N–H and O–H groups in total. The van der Waals surface area contributed by atoms with Crippen molar-refractivity contribution in [2.24, 2.45) is 11.1 Å². The Morgan fingerprint density at radius 3 is 2.58 bits per heavy atom. The molecule has 1 amide bonds. The summed E-state index contributed by atoms with van der Waals surface area (Å²) in [4.78, 5) is 23.6. The number of ether oxygens (including phenoxy) is 2.